The predicted octanol–water partition coefficient (Wildman–Crippen LogP) is 4.49. The van der Waals surface area contributed by atoms with E-state index in [9.17, 15) is 10.1 Å². The van der Waals surface area contributed by atoms with Gasteiger partial charge in [0, 0.05) is 37.5 Å². The van der Waals surface area contributed by atoms with E-state index >= 15 is 0 Å². The van der Waals surface area contributed by atoms with Gasteiger partial charge >= 0.3 is 0 Å². The number of imidazole rings is 2. The highest BCUT2D eigenvalue weighted by molar-refractivity contribution is 5.96. The number of nitro groups is 1. The summed E-state index contributed by atoms with van der Waals surface area (Å²) in [4.78, 5) is 24.1. The molecule has 2 aliphatic heterocycles. The monoisotopic (exact) mass is 493 g/mol. The van der Waals surface area contributed by atoms with Crippen molar-refractivity contribution >= 4 is 17.3 Å². The Bertz CT molecular complexity index is 1210. The number of aryl methyl sites for hydroxylation is 1. The predicted molar refractivity (Wildman–Crippen MR) is 134 cm³/mol. The average Bonchev–Trinajstić information content (AvgIpc) is 3.63. The Hall–Kier alpha value is -3.57. The van der Waals surface area contributed by atoms with Gasteiger partial charge < -0.3 is 19.4 Å². The van der Waals surface area contributed by atoms with Gasteiger partial charge in [0.1, 0.15) is 23.6 Å². The van der Waals surface area contributed by atoms with Gasteiger partial charge in [-0.1, -0.05) is 26.0 Å². The molecule has 5 rings (SSSR count). The van der Waals surface area contributed by atoms with Gasteiger partial charge in [0.2, 0.25) is 0 Å². The van der Waals surface area contributed by atoms with Crippen LogP contribution in [0.15, 0.2) is 54.3 Å². The number of hydrogen-bond donors (Lipinski definition) is 1. The fourth-order valence-electron chi connectivity index (χ4n) is 4.78. The van der Waals surface area contributed by atoms with Gasteiger partial charge in [0.05, 0.1) is 30.3 Å². The molecule has 11 nitrogen and oxygen atoms in total. The van der Waals surface area contributed by atoms with Crippen molar-refractivity contribution in [3.05, 3.63) is 70.7 Å². The number of fused-ring (bicyclic) bond motifs is 1. The molecule has 3 aromatic rings. The van der Waals surface area contributed by atoms with E-state index in [-0.39, 0.29) is 18.0 Å². The molecule has 0 radical (unpaired) electrons. The number of rotatable bonds is 10. The normalized spacial score (nSPS) is 23.2. The third-order valence-electron chi connectivity index (χ3n) is 6.82. The molecule has 4 heterocycles. The first kappa shape index (κ1) is 24.1. The number of nitrogens with one attached hydrogen (secondary N) is 1. The maximum absolute atomic E-state index is 10.9. The number of nitrogens with zero attached hydrogens (tertiary/aromatic N) is 6. The summed E-state index contributed by atoms with van der Waals surface area (Å²) in [6.45, 7) is 5.52. The third kappa shape index (κ3) is 5.17. The number of benzene rings is 1. The van der Waals surface area contributed by atoms with Gasteiger partial charge in [-0.25, -0.2) is 15.0 Å². The molecule has 0 amide bonds. The topological polar surface area (TPSA) is 122 Å². The van der Waals surface area contributed by atoms with Crippen LogP contribution < -0.4 is 5.32 Å². The lowest BCUT2D eigenvalue weighted by atomic mass is 10.0. The summed E-state index contributed by atoms with van der Waals surface area (Å²) in [5.41, 5.74) is 1.78. The zero-order chi connectivity index (χ0) is 25.1. The van der Waals surface area contributed by atoms with E-state index in [1.807, 2.05) is 17.1 Å². The molecular formula is C25H31N7O4. The number of aliphatic imine (C=N–C) groups is 1. The molecule has 36 heavy (non-hydrogen) atoms. The molecule has 4 atom stereocenters. The lowest BCUT2D eigenvalue weighted by molar-refractivity contribution is -0.384. The quantitative estimate of drug-likeness (QED) is 0.326. The van der Waals surface area contributed by atoms with Crippen molar-refractivity contribution in [2.75, 3.05) is 11.9 Å². The van der Waals surface area contributed by atoms with Crippen molar-refractivity contribution in [2.45, 2.75) is 64.6 Å². The Labute approximate surface area is 209 Å². The molecule has 1 fully saturated rings. The van der Waals surface area contributed by atoms with Crippen LogP contribution in [0.5, 0.6) is 0 Å². The van der Waals surface area contributed by atoms with Crippen molar-refractivity contribution in [1.82, 2.24) is 19.1 Å². The fourth-order valence-corrected chi connectivity index (χ4v) is 4.78. The minimum atomic E-state index is -0.542. The molecule has 1 N–H and O–H groups in total. The van der Waals surface area contributed by atoms with Gasteiger partial charge in [0.15, 0.2) is 6.23 Å². The van der Waals surface area contributed by atoms with E-state index in [1.165, 1.54) is 12.1 Å². The second-order valence-electron chi connectivity index (χ2n) is 9.28. The van der Waals surface area contributed by atoms with Crippen LogP contribution in [0.2, 0.25) is 0 Å². The number of anilines is 1. The highest BCUT2D eigenvalue weighted by Gasteiger charge is 2.36. The molecule has 4 unspecified atom stereocenters. The number of non-ortho nitro benzene ring substituents is 1. The average molecular weight is 494 g/mol. The number of amidine groups is 1. The first-order valence-electron chi connectivity index (χ1n) is 12.4. The summed E-state index contributed by atoms with van der Waals surface area (Å²) >= 11 is 0. The highest BCUT2D eigenvalue weighted by Crippen LogP contribution is 2.39. The third-order valence-corrected chi connectivity index (χ3v) is 6.82. The van der Waals surface area contributed by atoms with Crippen LogP contribution >= 0.6 is 0 Å². The summed E-state index contributed by atoms with van der Waals surface area (Å²) < 4.78 is 16.6. The van der Waals surface area contributed by atoms with E-state index in [4.69, 9.17) is 14.5 Å². The van der Waals surface area contributed by atoms with Crippen molar-refractivity contribution in [3.8, 4) is 0 Å². The summed E-state index contributed by atoms with van der Waals surface area (Å²) in [5.74, 6) is 2.15. The van der Waals surface area contributed by atoms with Crippen LogP contribution in [0.1, 0.15) is 56.8 Å². The first-order valence-corrected chi connectivity index (χ1v) is 12.4. The van der Waals surface area contributed by atoms with Crippen LogP contribution in [0.4, 0.5) is 11.5 Å². The summed E-state index contributed by atoms with van der Waals surface area (Å²) in [6, 6.07) is 6.54. The maximum Gasteiger partial charge on any atom is 0.269 e. The van der Waals surface area contributed by atoms with Crippen LogP contribution in [-0.2, 0) is 22.4 Å². The van der Waals surface area contributed by atoms with E-state index in [0.29, 0.717) is 25.4 Å². The van der Waals surface area contributed by atoms with E-state index < -0.39 is 11.2 Å². The Morgan fingerprint density at radius 3 is 2.78 bits per heavy atom. The minimum absolute atomic E-state index is 0.0779. The van der Waals surface area contributed by atoms with Crippen molar-refractivity contribution in [2.24, 2.45) is 10.9 Å². The van der Waals surface area contributed by atoms with Crippen LogP contribution in [0.3, 0.4) is 0 Å². The van der Waals surface area contributed by atoms with E-state index in [2.05, 4.69) is 33.7 Å². The highest BCUT2D eigenvalue weighted by atomic mass is 16.6. The van der Waals surface area contributed by atoms with Crippen molar-refractivity contribution in [3.63, 3.8) is 0 Å². The largest absolute Gasteiger partial charge is 0.354 e. The molecule has 1 saturated heterocycles. The zero-order valence-electron chi connectivity index (χ0n) is 20.5. The van der Waals surface area contributed by atoms with Crippen LogP contribution in [0, 0.1) is 16.0 Å². The summed E-state index contributed by atoms with van der Waals surface area (Å²) in [7, 11) is 0. The smallest absolute Gasteiger partial charge is 0.269 e. The van der Waals surface area contributed by atoms with Gasteiger partial charge in [-0.2, -0.15) is 0 Å². The van der Waals surface area contributed by atoms with Gasteiger partial charge in [-0.3, -0.25) is 14.7 Å². The molecule has 2 aromatic heterocycles. The molecule has 0 aliphatic carbocycles. The van der Waals surface area contributed by atoms with Crippen LogP contribution in [0.25, 0.3) is 0 Å². The fraction of sp³-hybridized carbons (Fsp3) is 0.480. The standard InChI is InChI=1S/C25H31N7O4/c1-3-20-17(2)14-22(36-20)31-16-27-23-24(31)28-21(8-11-30-12-10-26-15-30)29-25(23)35-13-9-18-4-6-19(7-5-18)32(33)34/h4-7,10,12,15-17,20,22,25H,3,8-9,11,13-14H2,1-2H3,(H,28,29). The zero-order valence-corrected chi connectivity index (χ0v) is 20.5. The molecule has 2 aliphatic rings. The molecule has 0 saturated carbocycles. The Morgan fingerprint density at radius 2 is 2.08 bits per heavy atom. The summed E-state index contributed by atoms with van der Waals surface area (Å²) in [6.07, 6.45) is 10.1. The number of ether oxygens (including phenoxy) is 2. The molecular weight excluding hydrogens is 462 g/mol. The number of nitro benzene ring substituents is 1. The number of hydrogen-bond acceptors (Lipinski definition) is 8. The lowest BCUT2D eigenvalue weighted by Gasteiger charge is -2.25. The maximum atomic E-state index is 10.9. The number of aromatic nitrogens is 4. The van der Waals surface area contributed by atoms with E-state index in [0.717, 1.165) is 42.3 Å². The van der Waals surface area contributed by atoms with Crippen molar-refractivity contribution in [1.29, 1.82) is 0 Å². The Balaban J connectivity index is 1.31. The SMILES string of the molecule is CCC1OC(n2cnc3c2NC(CCn2ccnc2)=NC3OCCc2ccc([N+](=O)[O-])cc2)CC1C. The second kappa shape index (κ2) is 10.6. The Kier molecular flexibility index (Phi) is 7.10. The molecule has 0 bridgehead atoms. The van der Waals surface area contributed by atoms with Crippen molar-refractivity contribution < 1.29 is 14.4 Å². The van der Waals surface area contributed by atoms with E-state index in [1.54, 1.807) is 24.7 Å². The molecule has 190 valence electrons. The van der Waals surface area contributed by atoms with Gasteiger partial charge in [-0.15, -0.1) is 0 Å². The second-order valence-corrected chi connectivity index (χ2v) is 9.28. The van der Waals surface area contributed by atoms with Crippen LogP contribution in [-0.4, -0.2) is 42.6 Å². The first-order chi connectivity index (χ1) is 17.5. The summed E-state index contributed by atoms with van der Waals surface area (Å²) in [5, 5.41) is 14.4. The van der Waals surface area contributed by atoms with Gasteiger partial charge in [-0.05, 0) is 30.7 Å². The minimum Gasteiger partial charge on any atom is -0.354 e. The molecule has 0 spiro atoms. The van der Waals surface area contributed by atoms with Gasteiger partial charge in [0.25, 0.3) is 5.69 Å². The molecule has 1 aromatic carbocycles. The lowest BCUT2D eigenvalue weighted by Crippen LogP contribution is -2.26. The molecule has 11 heteroatoms. The Morgan fingerprint density at radius 1 is 1.25 bits per heavy atom.